The molecule has 2 N–H and O–H groups in total. The third kappa shape index (κ3) is 3.26. The highest BCUT2D eigenvalue weighted by Gasteiger charge is 2.36. The Morgan fingerprint density at radius 3 is 2.28 bits per heavy atom. The molecule has 0 saturated carbocycles. The van der Waals surface area contributed by atoms with Crippen LogP contribution in [0.3, 0.4) is 0 Å². The minimum atomic E-state index is -1.20. The van der Waals surface area contributed by atoms with Gasteiger partial charge in [-0.2, -0.15) is 0 Å². The Balaban J connectivity index is 1.97. The van der Waals surface area contributed by atoms with E-state index >= 15 is 0 Å². The molecule has 0 unspecified atom stereocenters. The van der Waals surface area contributed by atoms with Crippen LogP contribution in [0.15, 0.2) is 35.1 Å². The van der Waals surface area contributed by atoms with Gasteiger partial charge in [-0.3, -0.25) is 4.79 Å². The lowest BCUT2D eigenvalue weighted by molar-refractivity contribution is 0.0695. The van der Waals surface area contributed by atoms with Gasteiger partial charge in [0.25, 0.3) is 5.56 Å². The topological polar surface area (TPSA) is 70.2 Å². The summed E-state index contributed by atoms with van der Waals surface area (Å²) < 4.78 is 0. The predicted octanol–water partition coefficient (Wildman–Crippen LogP) is 4.01. The lowest BCUT2D eigenvalue weighted by atomic mass is 9.63. The number of hydrogen-bond donors (Lipinski definition) is 2. The lowest BCUT2D eigenvalue weighted by Gasteiger charge is -2.42. The molecule has 132 valence electrons. The number of carboxylic acids is 1. The Labute approximate surface area is 147 Å². The van der Waals surface area contributed by atoms with E-state index in [1.165, 1.54) is 23.6 Å². The Morgan fingerprint density at radius 1 is 1.04 bits per heavy atom. The van der Waals surface area contributed by atoms with Crippen LogP contribution < -0.4 is 5.56 Å². The molecule has 3 rings (SSSR count). The summed E-state index contributed by atoms with van der Waals surface area (Å²) in [5, 5.41) is 8.97. The fourth-order valence-corrected chi connectivity index (χ4v) is 3.75. The Kier molecular flexibility index (Phi) is 4.10. The van der Waals surface area contributed by atoms with Gasteiger partial charge in [-0.05, 0) is 52.5 Å². The first kappa shape index (κ1) is 17.5. The Bertz CT molecular complexity index is 890. The van der Waals surface area contributed by atoms with E-state index in [0.717, 1.165) is 17.7 Å². The number of hydrogen-bond acceptors (Lipinski definition) is 2. The molecule has 4 heteroatoms. The molecule has 0 amide bonds. The molecule has 0 aliphatic heterocycles. The number of pyridine rings is 1. The highest BCUT2D eigenvalue weighted by molar-refractivity contribution is 5.87. The number of carboxylic acid groups (broad SMARTS) is 1. The molecular weight excluding hydrogens is 314 g/mol. The first-order chi connectivity index (χ1) is 11.6. The van der Waals surface area contributed by atoms with E-state index in [2.05, 4.69) is 50.9 Å². The number of benzene rings is 1. The van der Waals surface area contributed by atoms with Crippen LogP contribution in [-0.2, 0) is 17.3 Å². The monoisotopic (exact) mass is 339 g/mol. The molecule has 2 aromatic rings. The Morgan fingerprint density at radius 2 is 1.68 bits per heavy atom. The maximum Gasteiger partial charge on any atom is 0.341 e. The number of aromatic carboxylic acids is 1. The number of rotatable bonds is 3. The van der Waals surface area contributed by atoms with Crippen molar-refractivity contribution in [3.8, 4) is 0 Å². The quantitative estimate of drug-likeness (QED) is 0.887. The summed E-state index contributed by atoms with van der Waals surface area (Å²) in [4.78, 5) is 25.5. The van der Waals surface area contributed by atoms with Crippen molar-refractivity contribution in [3.05, 3.63) is 68.6 Å². The van der Waals surface area contributed by atoms with Gasteiger partial charge in [-0.25, -0.2) is 4.79 Å². The minimum absolute atomic E-state index is 0.140. The Hall–Kier alpha value is -2.36. The molecule has 1 aliphatic rings. The van der Waals surface area contributed by atoms with E-state index in [4.69, 9.17) is 5.11 Å². The average molecular weight is 339 g/mol. The third-order valence-electron chi connectivity index (χ3n) is 5.51. The second-order valence-corrected chi connectivity index (χ2v) is 8.36. The van der Waals surface area contributed by atoms with E-state index in [0.29, 0.717) is 6.42 Å². The fourth-order valence-electron chi connectivity index (χ4n) is 3.75. The van der Waals surface area contributed by atoms with Gasteiger partial charge in [0.2, 0.25) is 0 Å². The summed E-state index contributed by atoms with van der Waals surface area (Å²) in [6, 6.07) is 9.64. The zero-order valence-corrected chi connectivity index (χ0v) is 15.3. The van der Waals surface area contributed by atoms with Gasteiger partial charge in [0, 0.05) is 12.1 Å². The first-order valence-corrected chi connectivity index (χ1v) is 8.69. The number of nitrogens with one attached hydrogen (secondary N) is 1. The second-order valence-electron chi connectivity index (χ2n) is 8.36. The van der Waals surface area contributed by atoms with Crippen LogP contribution >= 0.6 is 0 Å². The standard InChI is InChI=1S/C21H25NO3/c1-20(2)9-10-21(3,4)17-12-13(5-8-16(17)20)11-14-6-7-15(19(24)25)18(23)22-14/h5-8,12H,9-11H2,1-4H3,(H,22,23)(H,24,25). The van der Waals surface area contributed by atoms with Crippen LogP contribution in [0.1, 0.15) is 73.3 Å². The fraction of sp³-hybridized carbons (Fsp3) is 0.429. The number of carbonyl (C=O) groups is 1. The normalized spacial score (nSPS) is 17.8. The van der Waals surface area contributed by atoms with Crippen LogP contribution in [0, 0.1) is 0 Å². The third-order valence-corrected chi connectivity index (χ3v) is 5.51. The van der Waals surface area contributed by atoms with Gasteiger partial charge >= 0.3 is 5.97 Å². The maximum absolute atomic E-state index is 11.9. The van der Waals surface area contributed by atoms with Gasteiger partial charge < -0.3 is 10.1 Å². The van der Waals surface area contributed by atoms with Gasteiger partial charge in [-0.1, -0.05) is 45.9 Å². The van der Waals surface area contributed by atoms with Crippen molar-refractivity contribution in [1.29, 1.82) is 0 Å². The predicted molar refractivity (Wildman–Crippen MR) is 98.6 cm³/mol. The molecule has 0 fully saturated rings. The molecular formula is C21H25NO3. The summed E-state index contributed by atoms with van der Waals surface area (Å²) in [5.74, 6) is -1.20. The molecule has 1 aromatic heterocycles. The molecule has 0 bridgehead atoms. The molecule has 0 saturated heterocycles. The first-order valence-electron chi connectivity index (χ1n) is 8.69. The molecule has 0 atom stereocenters. The molecule has 0 radical (unpaired) electrons. The minimum Gasteiger partial charge on any atom is -0.477 e. The number of H-pyrrole nitrogens is 1. The highest BCUT2D eigenvalue weighted by Crippen LogP contribution is 2.45. The van der Waals surface area contributed by atoms with Crippen LogP contribution in [-0.4, -0.2) is 16.1 Å². The average Bonchev–Trinajstić information content (AvgIpc) is 2.52. The molecule has 0 spiro atoms. The summed E-state index contributed by atoms with van der Waals surface area (Å²) in [7, 11) is 0. The van der Waals surface area contributed by atoms with Crippen molar-refractivity contribution in [2.75, 3.05) is 0 Å². The number of aromatic amines is 1. The van der Waals surface area contributed by atoms with Gasteiger partial charge in [0.1, 0.15) is 5.56 Å². The van der Waals surface area contributed by atoms with Gasteiger partial charge in [0.15, 0.2) is 0 Å². The van der Waals surface area contributed by atoms with Crippen molar-refractivity contribution in [2.24, 2.45) is 0 Å². The summed E-state index contributed by atoms with van der Waals surface area (Å²) in [5.41, 5.74) is 4.18. The summed E-state index contributed by atoms with van der Waals surface area (Å²) in [6.07, 6.45) is 2.91. The molecule has 1 aliphatic carbocycles. The molecule has 1 aromatic carbocycles. The van der Waals surface area contributed by atoms with Crippen LogP contribution in [0.2, 0.25) is 0 Å². The summed E-state index contributed by atoms with van der Waals surface area (Å²) >= 11 is 0. The molecule has 1 heterocycles. The van der Waals surface area contributed by atoms with Gasteiger partial charge in [0.05, 0.1) is 0 Å². The van der Waals surface area contributed by atoms with Crippen molar-refractivity contribution >= 4 is 5.97 Å². The smallest absolute Gasteiger partial charge is 0.341 e. The highest BCUT2D eigenvalue weighted by atomic mass is 16.4. The van der Waals surface area contributed by atoms with Crippen molar-refractivity contribution in [2.45, 2.75) is 57.8 Å². The van der Waals surface area contributed by atoms with E-state index in [-0.39, 0.29) is 16.4 Å². The van der Waals surface area contributed by atoms with Crippen LogP contribution in [0.25, 0.3) is 0 Å². The van der Waals surface area contributed by atoms with Crippen molar-refractivity contribution < 1.29 is 9.90 Å². The molecule has 4 nitrogen and oxygen atoms in total. The lowest BCUT2D eigenvalue weighted by Crippen LogP contribution is -2.33. The van der Waals surface area contributed by atoms with Crippen molar-refractivity contribution in [3.63, 3.8) is 0 Å². The zero-order chi connectivity index (χ0) is 18.4. The zero-order valence-electron chi connectivity index (χ0n) is 15.3. The largest absolute Gasteiger partial charge is 0.477 e. The van der Waals surface area contributed by atoms with E-state index < -0.39 is 11.5 Å². The van der Waals surface area contributed by atoms with Crippen LogP contribution in [0.5, 0.6) is 0 Å². The number of aromatic nitrogens is 1. The van der Waals surface area contributed by atoms with Gasteiger partial charge in [-0.15, -0.1) is 0 Å². The SMILES string of the molecule is CC1(C)CCC(C)(C)c2cc(Cc3ccc(C(=O)O)c(=O)[nH]3)ccc21. The van der Waals surface area contributed by atoms with E-state index in [1.807, 2.05) is 0 Å². The van der Waals surface area contributed by atoms with E-state index in [1.54, 1.807) is 6.07 Å². The van der Waals surface area contributed by atoms with Crippen LogP contribution in [0.4, 0.5) is 0 Å². The maximum atomic E-state index is 11.9. The molecule has 25 heavy (non-hydrogen) atoms. The summed E-state index contributed by atoms with van der Waals surface area (Å²) in [6.45, 7) is 9.16. The number of fused-ring (bicyclic) bond motifs is 1. The van der Waals surface area contributed by atoms with Crippen molar-refractivity contribution in [1.82, 2.24) is 4.98 Å². The second kappa shape index (κ2) is 5.87. The van der Waals surface area contributed by atoms with E-state index in [9.17, 15) is 9.59 Å².